The first kappa shape index (κ1) is 16.4. The van der Waals surface area contributed by atoms with Crippen molar-refractivity contribution in [2.24, 2.45) is 5.92 Å². The molecule has 1 aromatic heterocycles. The SMILES string of the molecule is Cc1ccc(C)c(Nc2cc(C(=O)N3CCC(C)CC3)ncn2)c1. The summed E-state index contributed by atoms with van der Waals surface area (Å²) in [6.07, 6.45) is 3.57. The zero-order valence-corrected chi connectivity index (χ0v) is 14.5. The first-order valence-corrected chi connectivity index (χ1v) is 8.48. The van der Waals surface area contributed by atoms with Crippen molar-refractivity contribution < 1.29 is 4.79 Å². The Morgan fingerprint density at radius 3 is 2.67 bits per heavy atom. The van der Waals surface area contributed by atoms with E-state index in [0.717, 1.165) is 37.2 Å². The maximum atomic E-state index is 12.6. The predicted molar refractivity (Wildman–Crippen MR) is 95.5 cm³/mol. The van der Waals surface area contributed by atoms with Crippen LogP contribution in [0.25, 0.3) is 0 Å². The molecule has 126 valence electrons. The molecule has 0 spiro atoms. The molecular formula is C19H24N4O. The molecule has 5 nitrogen and oxygen atoms in total. The van der Waals surface area contributed by atoms with E-state index in [1.165, 1.54) is 11.9 Å². The van der Waals surface area contributed by atoms with E-state index in [1.807, 2.05) is 11.8 Å². The van der Waals surface area contributed by atoms with Crippen molar-refractivity contribution in [3.05, 3.63) is 47.4 Å². The number of nitrogens with zero attached hydrogens (tertiary/aromatic N) is 3. The van der Waals surface area contributed by atoms with Gasteiger partial charge in [-0.2, -0.15) is 0 Å². The van der Waals surface area contributed by atoms with E-state index in [4.69, 9.17) is 0 Å². The largest absolute Gasteiger partial charge is 0.340 e. The molecule has 1 saturated heterocycles. The molecule has 0 unspecified atom stereocenters. The number of aromatic nitrogens is 2. The molecular weight excluding hydrogens is 300 g/mol. The van der Waals surface area contributed by atoms with Crippen LogP contribution in [0.4, 0.5) is 11.5 Å². The lowest BCUT2D eigenvalue weighted by Crippen LogP contribution is -2.38. The Morgan fingerprint density at radius 1 is 1.17 bits per heavy atom. The minimum absolute atomic E-state index is 0.00619. The van der Waals surface area contributed by atoms with Crippen LogP contribution >= 0.6 is 0 Å². The summed E-state index contributed by atoms with van der Waals surface area (Å²) in [7, 11) is 0. The third kappa shape index (κ3) is 3.72. The summed E-state index contributed by atoms with van der Waals surface area (Å²) in [4.78, 5) is 23.0. The van der Waals surface area contributed by atoms with Crippen molar-refractivity contribution in [2.45, 2.75) is 33.6 Å². The summed E-state index contributed by atoms with van der Waals surface area (Å²) >= 11 is 0. The summed E-state index contributed by atoms with van der Waals surface area (Å²) in [6.45, 7) is 7.95. The summed E-state index contributed by atoms with van der Waals surface area (Å²) in [6, 6.07) is 7.96. The van der Waals surface area contributed by atoms with Gasteiger partial charge in [-0.1, -0.05) is 19.1 Å². The number of piperidine rings is 1. The topological polar surface area (TPSA) is 58.1 Å². The van der Waals surface area contributed by atoms with Crippen molar-refractivity contribution in [1.82, 2.24) is 14.9 Å². The molecule has 0 saturated carbocycles. The highest BCUT2D eigenvalue weighted by Gasteiger charge is 2.22. The van der Waals surface area contributed by atoms with Gasteiger partial charge in [0.1, 0.15) is 17.8 Å². The fourth-order valence-corrected chi connectivity index (χ4v) is 2.92. The van der Waals surface area contributed by atoms with Gasteiger partial charge >= 0.3 is 0 Å². The Hall–Kier alpha value is -2.43. The normalized spacial score (nSPS) is 15.4. The van der Waals surface area contributed by atoms with Gasteiger partial charge in [0, 0.05) is 24.8 Å². The van der Waals surface area contributed by atoms with E-state index in [9.17, 15) is 4.79 Å². The number of hydrogen-bond acceptors (Lipinski definition) is 4. The van der Waals surface area contributed by atoms with Gasteiger partial charge in [-0.25, -0.2) is 9.97 Å². The minimum Gasteiger partial charge on any atom is -0.340 e. The maximum Gasteiger partial charge on any atom is 0.272 e. The lowest BCUT2D eigenvalue weighted by atomic mass is 9.99. The van der Waals surface area contributed by atoms with E-state index in [2.05, 4.69) is 47.3 Å². The van der Waals surface area contributed by atoms with Crippen molar-refractivity contribution in [2.75, 3.05) is 18.4 Å². The summed E-state index contributed by atoms with van der Waals surface area (Å²) in [5.41, 5.74) is 3.76. The molecule has 0 aliphatic carbocycles. The third-order valence-corrected chi connectivity index (χ3v) is 4.61. The highest BCUT2D eigenvalue weighted by Crippen LogP contribution is 2.22. The molecule has 3 rings (SSSR count). The molecule has 1 N–H and O–H groups in total. The molecule has 24 heavy (non-hydrogen) atoms. The lowest BCUT2D eigenvalue weighted by molar-refractivity contribution is 0.0691. The van der Waals surface area contributed by atoms with Crippen LogP contribution < -0.4 is 5.32 Å². The van der Waals surface area contributed by atoms with E-state index >= 15 is 0 Å². The molecule has 0 atom stereocenters. The zero-order valence-electron chi connectivity index (χ0n) is 14.5. The van der Waals surface area contributed by atoms with E-state index < -0.39 is 0 Å². The Labute approximate surface area is 143 Å². The van der Waals surface area contributed by atoms with Gasteiger partial charge < -0.3 is 10.2 Å². The van der Waals surface area contributed by atoms with Gasteiger partial charge in [-0.3, -0.25) is 4.79 Å². The van der Waals surface area contributed by atoms with Crippen LogP contribution in [0, 0.1) is 19.8 Å². The molecule has 2 aromatic rings. The lowest BCUT2D eigenvalue weighted by Gasteiger charge is -2.30. The van der Waals surface area contributed by atoms with Crippen LogP contribution in [-0.4, -0.2) is 33.9 Å². The Kier molecular flexibility index (Phi) is 4.79. The smallest absolute Gasteiger partial charge is 0.272 e. The number of rotatable bonds is 3. The van der Waals surface area contributed by atoms with Gasteiger partial charge in [-0.05, 0) is 49.8 Å². The summed E-state index contributed by atoms with van der Waals surface area (Å²) in [5.74, 6) is 1.33. The Bertz CT molecular complexity index is 736. The molecule has 0 bridgehead atoms. The number of anilines is 2. The minimum atomic E-state index is -0.00619. The number of amides is 1. The van der Waals surface area contributed by atoms with Crippen LogP contribution in [-0.2, 0) is 0 Å². The first-order chi connectivity index (χ1) is 11.5. The van der Waals surface area contributed by atoms with Gasteiger partial charge in [0.2, 0.25) is 0 Å². The van der Waals surface area contributed by atoms with Crippen LogP contribution in [0.1, 0.15) is 41.4 Å². The quantitative estimate of drug-likeness (QED) is 0.935. The maximum absolute atomic E-state index is 12.6. The molecule has 1 aromatic carbocycles. The highest BCUT2D eigenvalue weighted by molar-refractivity contribution is 5.93. The van der Waals surface area contributed by atoms with Gasteiger partial charge in [0.15, 0.2) is 0 Å². The monoisotopic (exact) mass is 324 g/mol. The molecule has 5 heteroatoms. The van der Waals surface area contributed by atoms with E-state index in [0.29, 0.717) is 17.4 Å². The number of benzene rings is 1. The van der Waals surface area contributed by atoms with Crippen molar-refractivity contribution in [3.8, 4) is 0 Å². The van der Waals surface area contributed by atoms with Crippen LogP contribution in [0.15, 0.2) is 30.6 Å². The second-order valence-corrected chi connectivity index (χ2v) is 6.71. The zero-order chi connectivity index (χ0) is 17.1. The number of carbonyl (C=O) groups excluding carboxylic acids is 1. The molecule has 1 amide bonds. The fourth-order valence-electron chi connectivity index (χ4n) is 2.92. The van der Waals surface area contributed by atoms with Crippen molar-refractivity contribution in [3.63, 3.8) is 0 Å². The number of likely N-dealkylation sites (tertiary alicyclic amines) is 1. The second-order valence-electron chi connectivity index (χ2n) is 6.71. The average molecular weight is 324 g/mol. The molecule has 1 aliphatic heterocycles. The van der Waals surface area contributed by atoms with Crippen LogP contribution in [0.5, 0.6) is 0 Å². The van der Waals surface area contributed by atoms with Crippen LogP contribution in [0.2, 0.25) is 0 Å². The summed E-state index contributed by atoms with van der Waals surface area (Å²) < 4.78 is 0. The Balaban J connectivity index is 1.76. The van der Waals surface area contributed by atoms with Crippen molar-refractivity contribution in [1.29, 1.82) is 0 Å². The third-order valence-electron chi connectivity index (χ3n) is 4.61. The van der Waals surface area contributed by atoms with Gasteiger partial charge in [0.25, 0.3) is 5.91 Å². The fraction of sp³-hybridized carbons (Fsp3) is 0.421. The molecule has 1 aliphatic rings. The van der Waals surface area contributed by atoms with Crippen LogP contribution in [0.3, 0.4) is 0 Å². The van der Waals surface area contributed by atoms with E-state index in [1.54, 1.807) is 6.07 Å². The Morgan fingerprint density at radius 2 is 1.92 bits per heavy atom. The average Bonchev–Trinajstić information content (AvgIpc) is 2.58. The number of hydrogen-bond donors (Lipinski definition) is 1. The number of aryl methyl sites for hydroxylation is 2. The van der Waals surface area contributed by atoms with Gasteiger partial charge in [-0.15, -0.1) is 0 Å². The second kappa shape index (κ2) is 6.99. The van der Waals surface area contributed by atoms with Gasteiger partial charge in [0.05, 0.1) is 0 Å². The number of carbonyl (C=O) groups is 1. The molecule has 1 fully saturated rings. The van der Waals surface area contributed by atoms with E-state index in [-0.39, 0.29) is 5.91 Å². The summed E-state index contributed by atoms with van der Waals surface area (Å²) in [5, 5.41) is 3.30. The standard InChI is InChI=1S/C19H24N4O/c1-13-6-8-23(9-7-13)19(24)17-11-18(21-12-20-17)22-16-10-14(2)4-5-15(16)3/h4-5,10-13H,6-9H2,1-3H3,(H,20,21,22). The number of nitrogens with one attached hydrogen (secondary N) is 1. The molecule has 2 heterocycles. The van der Waals surface area contributed by atoms with Crippen molar-refractivity contribution >= 4 is 17.4 Å². The first-order valence-electron chi connectivity index (χ1n) is 8.48. The molecule has 0 radical (unpaired) electrons. The predicted octanol–water partition coefficient (Wildman–Crippen LogP) is 3.71. The highest BCUT2D eigenvalue weighted by atomic mass is 16.2.